The monoisotopic (exact) mass is 243 g/mol. The van der Waals surface area contributed by atoms with Crippen LogP contribution in [0.2, 0.25) is 0 Å². The molecule has 0 spiro atoms. The minimum Gasteiger partial charge on any atom is -0.504 e. The van der Waals surface area contributed by atoms with Gasteiger partial charge in [-0.05, 0) is 55.5 Å². The zero-order valence-corrected chi connectivity index (χ0v) is 10.2. The van der Waals surface area contributed by atoms with Gasteiger partial charge in [-0.2, -0.15) is 0 Å². The van der Waals surface area contributed by atoms with E-state index in [0.29, 0.717) is 0 Å². The topological polar surface area (TPSA) is 53.4 Å². The minimum absolute atomic E-state index is 0.0442. The molecule has 18 heavy (non-hydrogen) atoms. The van der Waals surface area contributed by atoms with Gasteiger partial charge in [0.05, 0.1) is 0 Å². The molecule has 0 atom stereocenters. The van der Waals surface area contributed by atoms with Crippen molar-refractivity contribution in [2.75, 3.05) is 0 Å². The van der Waals surface area contributed by atoms with Crippen LogP contribution in [0.4, 0.5) is 0 Å². The number of nitrogens with zero attached hydrogens (tertiary/aromatic N) is 1. The van der Waals surface area contributed by atoms with Crippen molar-refractivity contribution in [3.05, 3.63) is 53.9 Å². The van der Waals surface area contributed by atoms with E-state index < -0.39 is 0 Å². The van der Waals surface area contributed by atoms with E-state index in [1.165, 1.54) is 6.07 Å². The summed E-state index contributed by atoms with van der Waals surface area (Å²) in [5, 5.41) is 18.6. The molecule has 2 N–H and O–H groups in total. The zero-order chi connectivity index (χ0) is 12.8. The maximum absolute atomic E-state index is 9.37. The number of hydrogen-bond acceptors (Lipinski definition) is 3. The molecule has 3 heteroatoms. The summed E-state index contributed by atoms with van der Waals surface area (Å²) in [5.41, 5.74) is 2.16. The highest BCUT2D eigenvalue weighted by Crippen LogP contribution is 2.25. The Morgan fingerprint density at radius 1 is 0.889 bits per heavy atom. The van der Waals surface area contributed by atoms with E-state index in [1.807, 2.05) is 30.5 Å². The maximum atomic E-state index is 9.37. The van der Waals surface area contributed by atoms with Crippen molar-refractivity contribution in [1.29, 1.82) is 0 Å². The van der Waals surface area contributed by atoms with Gasteiger partial charge >= 0.3 is 0 Å². The van der Waals surface area contributed by atoms with Crippen LogP contribution in [0.1, 0.15) is 24.1 Å². The van der Waals surface area contributed by atoms with Crippen LogP contribution in [0, 0.1) is 0 Å². The first-order valence-electron chi connectivity index (χ1n) is 6.16. The molecule has 0 fully saturated rings. The third kappa shape index (κ3) is 3.48. The van der Waals surface area contributed by atoms with Crippen LogP contribution in [0.15, 0.2) is 42.6 Å². The van der Waals surface area contributed by atoms with Gasteiger partial charge in [0.1, 0.15) is 0 Å². The highest BCUT2D eigenvalue weighted by atomic mass is 16.3. The molecular weight excluding hydrogens is 226 g/mol. The Balaban J connectivity index is 1.77. The number of aromatic hydroxyl groups is 2. The minimum atomic E-state index is -0.0627. The Labute approximate surface area is 107 Å². The summed E-state index contributed by atoms with van der Waals surface area (Å²) < 4.78 is 0. The van der Waals surface area contributed by atoms with Crippen LogP contribution < -0.4 is 0 Å². The lowest BCUT2D eigenvalue weighted by atomic mass is 10.1. The lowest BCUT2D eigenvalue weighted by molar-refractivity contribution is 0.403. The fourth-order valence-corrected chi connectivity index (χ4v) is 1.91. The number of hydrogen-bond donors (Lipinski definition) is 2. The Kier molecular flexibility index (Phi) is 4.18. The van der Waals surface area contributed by atoms with Crippen molar-refractivity contribution in [1.82, 2.24) is 4.98 Å². The molecular formula is C15H17NO2. The summed E-state index contributed by atoms with van der Waals surface area (Å²) in [6.07, 6.45) is 5.80. The molecule has 0 aliphatic rings. The van der Waals surface area contributed by atoms with Crippen LogP contribution in [-0.2, 0) is 12.8 Å². The van der Waals surface area contributed by atoms with E-state index in [0.717, 1.165) is 36.9 Å². The molecule has 0 amide bonds. The second-order valence-corrected chi connectivity index (χ2v) is 4.35. The van der Waals surface area contributed by atoms with Crippen LogP contribution in [0.25, 0.3) is 0 Å². The van der Waals surface area contributed by atoms with Gasteiger partial charge in [0.15, 0.2) is 11.5 Å². The van der Waals surface area contributed by atoms with Gasteiger partial charge < -0.3 is 10.2 Å². The lowest BCUT2D eigenvalue weighted by Crippen LogP contribution is -1.91. The number of phenolic OH excluding ortho intramolecular Hbond substituents is 2. The Hall–Kier alpha value is -2.03. The number of pyridine rings is 1. The lowest BCUT2D eigenvalue weighted by Gasteiger charge is -2.04. The van der Waals surface area contributed by atoms with Gasteiger partial charge in [-0.15, -0.1) is 0 Å². The molecule has 1 aromatic heterocycles. The summed E-state index contributed by atoms with van der Waals surface area (Å²) in [5.74, 6) is -0.107. The fourth-order valence-electron chi connectivity index (χ4n) is 1.91. The fraction of sp³-hybridized carbons (Fsp3) is 0.267. The number of aryl methyl sites for hydroxylation is 2. The van der Waals surface area contributed by atoms with Crippen LogP contribution in [-0.4, -0.2) is 15.2 Å². The molecule has 0 saturated heterocycles. The molecule has 94 valence electrons. The molecule has 0 unspecified atom stereocenters. The van der Waals surface area contributed by atoms with Crippen molar-refractivity contribution in [3.8, 4) is 11.5 Å². The molecule has 2 aromatic rings. The summed E-state index contributed by atoms with van der Waals surface area (Å²) >= 11 is 0. The van der Waals surface area contributed by atoms with E-state index in [9.17, 15) is 10.2 Å². The van der Waals surface area contributed by atoms with E-state index in [1.54, 1.807) is 6.07 Å². The molecule has 1 aromatic carbocycles. The molecule has 0 aliphatic carbocycles. The van der Waals surface area contributed by atoms with Gasteiger partial charge in [-0.1, -0.05) is 12.1 Å². The summed E-state index contributed by atoms with van der Waals surface area (Å²) in [7, 11) is 0. The van der Waals surface area contributed by atoms with E-state index >= 15 is 0 Å². The molecule has 0 saturated carbocycles. The standard InChI is InChI=1S/C15H17NO2/c17-14-9-8-12(11-15(14)18)5-1-2-6-13-7-3-4-10-16-13/h3-4,7-11,17-18H,1-2,5-6H2. The van der Waals surface area contributed by atoms with Crippen LogP contribution >= 0.6 is 0 Å². The first kappa shape index (κ1) is 12.4. The zero-order valence-electron chi connectivity index (χ0n) is 10.2. The SMILES string of the molecule is Oc1ccc(CCCCc2ccccn2)cc1O. The summed E-state index contributed by atoms with van der Waals surface area (Å²) in [4.78, 5) is 4.28. The smallest absolute Gasteiger partial charge is 0.157 e. The summed E-state index contributed by atoms with van der Waals surface area (Å²) in [6, 6.07) is 10.9. The van der Waals surface area contributed by atoms with Crippen molar-refractivity contribution in [2.24, 2.45) is 0 Å². The second kappa shape index (κ2) is 6.05. The first-order chi connectivity index (χ1) is 8.75. The predicted molar refractivity (Wildman–Crippen MR) is 70.7 cm³/mol. The third-order valence-corrected chi connectivity index (χ3v) is 2.91. The molecule has 0 radical (unpaired) electrons. The average Bonchev–Trinajstić information content (AvgIpc) is 2.40. The molecule has 2 rings (SSSR count). The predicted octanol–water partition coefficient (Wildman–Crippen LogP) is 3.06. The number of aromatic nitrogens is 1. The van der Waals surface area contributed by atoms with Crippen molar-refractivity contribution >= 4 is 0 Å². The second-order valence-electron chi connectivity index (χ2n) is 4.35. The van der Waals surface area contributed by atoms with Gasteiger partial charge in [0.25, 0.3) is 0 Å². The van der Waals surface area contributed by atoms with E-state index in [-0.39, 0.29) is 11.5 Å². The molecule has 3 nitrogen and oxygen atoms in total. The quantitative estimate of drug-likeness (QED) is 0.627. The van der Waals surface area contributed by atoms with Crippen molar-refractivity contribution in [2.45, 2.75) is 25.7 Å². The number of unbranched alkanes of at least 4 members (excludes halogenated alkanes) is 1. The highest BCUT2D eigenvalue weighted by Gasteiger charge is 2.01. The van der Waals surface area contributed by atoms with E-state index in [4.69, 9.17) is 0 Å². The highest BCUT2D eigenvalue weighted by molar-refractivity contribution is 5.40. The Bertz CT molecular complexity index is 497. The number of benzene rings is 1. The number of phenols is 2. The average molecular weight is 243 g/mol. The first-order valence-corrected chi connectivity index (χ1v) is 6.16. The molecule has 0 aliphatic heterocycles. The largest absolute Gasteiger partial charge is 0.504 e. The van der Waals surface area contributed by atoms with Crippen molar-refractivity contribution < 1.29 is 10.2 Å². The molecule has 1 heterocycles. The Morgan fingerprint density at radius 2 is 1.72 bits per heavy atom. The normalized spacial score (nSPS) is 10.4. The maximum Gasteiger partial charge on any atom is 0.157 e. The van der Waals surface area contributed by atoms with Crippen molar-refractivity contribution in [3.63, 3.8) is 0 Å². The van der Waals surface area contributed by atoms with Crippen LogP contribution in [0.3, 0.4) is 0 Å². The van der Waals surface area contributed by atoms with Gasteiger partial charge in [-0.25, -0.2) is 0 Å². The summed E-state index contributed by atoms with van der Waals surface area (Å²) in [6.45, 7) is 0. The van der Waals surface area contributed by atoms with Gasteiger partial charge in [0.2, 0.25) is 0 Å². The number of rotatable bonds is 5. The van der Waals surface area contributed by atoms with Gasteiger partial charge in [-0.3, -0.25) is 4.98 Å². The Morgan fingerprint density at radius 3 is 2.44 bits per heavy atom. The van der Waals surface area contributed by atoms with Crippen LogP contribution in [0.5, 0.6) is 11.5 Å². The van der Waals surface area contributed by atoms with Gasteiger partial charge in [0, 0.05) is 11.9 Å². The molecule has 0 bridgehead atoms. The third-order valence-electron chi connectivity index (χ3n) is 2.91. The van der Waals surface area contributed by atoms with E-state index in [2.05, 4.69) is 4.98 Å².